The predicted octanol–water partition coefficient (Wildman–Crippen LogP) is 1.82. The van der Waals surface area contributed by atoms with Crippen molar-refractivity contribution in [2.24, 2.45) is 11.8 Å². The maximum Gasteiger partial charge on any atom is 0.0741 e. The Hall–Kier alpha value is -0.120. The summed E-state index contributed by atoms with van der Waals surface area (Å²) in [6.45, 7) is 5.40. The molecule has 0 aromatic carbocycles. The fourth-order valence-electron chi connectivity index (χ4n) is 1.97. The van der Waals surface area contributed by atoms with Crippen molar-refractivity contribution in [2.45, 2.75) is 58.1 Å². The van der Waals surface area contributed by atoms with Gasteiger partial charge in [-0.05, 0) is 38.0 Å². The minimum absolute atomic E-state index is 0.340. The molecule has 1 heterocycles. The molecular weight excluding hydrogens is 176 g/mol. The van der Waals surface area contributed by atoms with E-state index in [0.29, 0.717) is 12.1 Å². The number of nitrogens with one attached hydrogen (secondary N) is 1. The molecule has 84 valence electrons. The van der Waals surface area contributed by atoms with Crippen molar-refractivity contribution in [1.29, 1.82) is 0 Å². The third kappa shape index (κ3) is 3.95. The predicted molar refractivity (Wildman–Crippen MR) is 58.8 cm³/mol. The van der Waals surface area contributed by atoms with Gasteiger partial charge in [0.2, 0.25) is 0 Å². The second-order valence-corrected chi connectivity index (χ2v) is 4.65. The Morgan fingerprint density at radius 1 is 1.36 bits per heavy atom. The molecule has 0 radical (unpaired) electrons. The van der Waals surface area contributed by atoms with Gasteiger partial charge in [-0.2, -0.15) is 0 Å². The van der Waals surface area contributed by atoms with Crippen LogP contribution in [0.5, 0.6) is 0 Å². The number of ether oxygens (including phenoxy) is 1. The van der Waals surface area contributed by atoms with E-state index in [9.17, 15) is 0 Å². The largest absolute Gasteiger partial charge is 0.377 e. The number of hydrogen-bond acceptors (Lipinski definition) is 3. The van der Waals surface area contributed by atoms with Gasteiger partial charge in [0, 0.05) is 12.6 Å². The zero-order valence-corrected chi connectivity index (χ0v) is 9.46. The Labute approximate surface area is 87.4 Å². The number of rotatable bonds is 5. The van der Waals surface area contributed by atoms with Crippen molar-refractivity contribution in [3.05, 3.63) is 0 Å². The van der Waals surface area contributed by atoms with Crippen molar-refractivity contribution in [2.75, 3.05) is 6.61 Å². The van der Waals surface area contributed by atoms with E-state index in [1.165, 1.54) is 19.3 Å². The molecule has 0 aromatic heterocycles. The normalized spacial score (nSPS) is 25.3. The van der Waals surface area contributed by atoms with Gasteiger partial charge >= 0.3 is 0 Å². The number of hydrogen-bond donors (Lipinski definition) is 2. The van der Waals surface area contributed by atoms with Gasteiger partial charge in [-0.3, -0.25) is 11.3 Å². The van der Waals surface area contributed by atoms with E-state index in [2.05, 4.69) is 19.3 Å². The standard InChI is InChI=1S/C11H24N2O/c1-9(2)6-7-10(13-12)11-5-3-4-8-14-11/h9-11,13H,3-8,12H2,1-2H3. The number of hydrazine groups is 1. The van der Waals surface area contributed by atoms with E-state index in [1.807, 2.05) is 0 Å². The first-order valence-corrected chi connectivity index (χ1v) is 5.81. The summed E-state index contributed by atoms with van der Waals surface area (Å²) in [7, 11) is 0. The highest BCUT2D eigenvalue weighted by molar-refractivity contribution is 4.77. The van der Waals surface area contributed by atoms with Gasteiger partial charge in [0.1, 0.15) is 0 Å². The highest BCUT2D eigenvalue weighted by atomic mass is 16.5. The Bertz CT molecular complexity index is 144. The van der Waals surface area contributed by atoms with E-state index in [4.69, 9.17) is 10.6 Å². The Balaban J connectivity index is 2.28. The van der Waals surface area contributed by atoms with Gasteiger partial charge in [-0.25, -0.2) is 0 Å². The molecule has 3 N–H and O–H groups in total. The molecule has 2 unspecified atom stereocenters. The zero-order chi connectivity index (χ0) is 10.4. The van der Waals surface area contributed by atoms with Gasteiger partial charge in [0.15, 0.2) is 0 Å². The van der Waals surface area contributed by atoms with Crippen LogP contribution >= 0.6 is 0 Å². The highest BCUT2D eigenvalue weighted by Gasteiger charge is 2.23. The van der Waals surface area contributed by atoms with Crippen LogP contribution < -0.4 is 11.3 Å². The monoisotopic (exact) mass is 200 g/mol. The Morgan fingerprint density at radius 3 is 2.64 bits per heavy atom. The summed E-state index contributed by atoms with van der Waals surface area (Å²) in [6, 6.07) is 0.345. The van der Waals surface area contributed by atoms with E-state index < -0.39 is 0 Å². The zero-order valence-electron chi connectivity index (χ0n) is 9.46. The summed E-state index contributed by atoms with van der Waals surface area (Å²) >= 11 is 0. The van der Waals surface area contributed by atoms with Crippen LogP contribution in [0.2, 0.25) is 0 Å². The van der Waals surface area contributed by atoms with Crippen molar-refractivity contribution in [3.63, 3.8) is 0 Å². The van der Waals surface area contributed by atoms with Crippen molar-refractivity contribution in [1.82, 2.24) is 5.43 Å². The fourth-order valence-corrected chi connectivity index (χ4v) is 1.97. The van der Waals surface area contributed by atoms with Crippen LogP contribution in [0.3, 0.4) is 0 Å². The average Bonchev–Trinajstić information content (AvgIpc) is 2.20. The molecule has 1 aliphatic rings. The summed E-state index contributed by atoms with van der Waals surface area (Å²) < 4.78 is 5.72. The maximum absolute atomic E-state index is 5.72. The molecule has 0 aromatic rings. The molecule has 0 amide bonds. The fraction of sp³-hybridized carbons (Fsp3) is 1.00. The van der Waals surface area contributed by atoms with Crippen LogP contribution in [0.4, 0.5) is 0 Å². The topological polar surface area (TPSA) is 47.3 Å². The van der Waals surface area contributed by atoms with Gasteiger partial charge in [-0.15, -0.1) is 0 Å². The summed E-state index contributed by atoms with van der Waals surface area (Å²) in [4.78, 5) is 0. The smallest absolute Gasteiger partial charge is 0.0741 e. The first kappa shape index (κ1) is 12.0. The SMILES string of the molecule is CC(C)CCC(NN)C1CCCCO1. The van der Waals surface area contributed by atoms with Crippen LogP contribution in [0, 0.1) is 5.92 Å². The van der Waals surface area contributed by atoms with Crippen LogP contribution in [-0.2, 0) is 4.74 Å². The van der Waals surface area contributed by atoms with E-state index in [-0.39, 0.29) is 0 Å². The Kier molecular flexibility index (Phi) is 5.45. The van der Waals surface area contributed by atoms with Crippen LogP contribution in [-0.4, -0.2) is 18.8 Å². The van der Waals surface area contributed by atoms with Gasteiger partial charge in [-0.1, -0.05) is 13.8 Å². The molecule has 0 spiro atoms. The molecule has 3 heteroatoms. The third-order valence-corrected chi connectivity index (χ3v) is 2.93. The molecule has 1 saturated heterocycles. The molecular formula is C11H24N2O. The van der Waals surface area contributed by atoms with Crippen LogP contribution in [0.25, 0.3) is 0 Å². The molecule has 1 rings (SSSR count). The van der Waals surface area contributed by atoms with E-state index in [1.54, 1.807) is 0 Å². The minimum atomic E-state index is 0.340. The van der Waals surface area contributed by atoms with Gasteiger partial charge < -0.3 is 4.74 Å². The lowest BCUT2D eigenvalue weighted by Crippen LogP contribution is -2.46. The summed E-state index contributed by atoms with van der Waals surface area (Å²) in [5.41, 5.74) is 2.90. The molecule has 3 nitrogen and oxygen atoms in total. The molecule has 14 heavy (non-hydrogen) atoms. The minimum Gasteiger partial charge on any atom is -0.377 e. The van der Waals surface area contributed by atoms with Crippen molar-refractivity contribution >= 4 is 0 Å². The molecule has 2 atom stereocenters. The van der Waals surface area contributed by atoms with Gasteiger partial charge in [0.05, 0.1) is 6.10 Å². The summed E-state index contributed by atoms with van der Waals surface area (Å²) in [6.07, 6.45) is 6.33. The summed E-state index contributed by atoms with van der Waals surface area (Å²) in [5.74, 6) is 6.30. The van der Waals surface area contributed by atoms with E-state index in [0.717, 1.165) is 25.4 Å². The average molecular weight is 200 g/mol. The molecule has 1 aliphatic heterocycles. The van der Waals surface area contributed by atoms with Crippen molar-refractivity contribution < 1.29 is 4.74 Å². The van der Waals surface area contributed by atoms with Crippen molar-refractivity contribution in [3.8, 4) is 0 Å². The molecule has 0 bridgehead atoms. The molecule has 0 aliphatic carbocycles. The highest BCUT2D eigenvalue weighted by Crippen LogP contribution is 2.19. The maximum atomic E-state index is 5.72. The van der Waals surface area contributed by atoms with Crippen LogP contribution in [0.1, 0.15) is 46.0 Å². The first-order chi connectivity index (χ1) is 6.74. The molecule has 0 saturated carbocycles. The lowest BCUT2D eigenvalue weighted by molar-refractivity contribution is -0.0103. The quantitative estimate of drug-likeness (QED) is 0.526. The lowest BCUT2D eigenvalue weighted by Gasteiger charge is -2.30. The lowest BCUT2D eigenvalue weighted by atomic mass is 9.96. The van der Waals surface area contributed by atoms with E-state index >= 15 is 0 Å². The second-order valence-electron chi connectivity index (χ2n) is 4.65. The second kappa shape index (κ2) is 6.38. The van der Waals surface area contributed by atoms with Crippen LogP contribution in [0.15, 0.2) is 0 Å². The molecule has 1 fully saturated rings. The number of nitrogens with two attached hydrogens (primary N) is 1. The summed E-state index contributed by atoms with van der Waals surface area (Å²) in [5, 5.41) is 0. The van der Waals surface area contributed by atoms with Gasteiger partial charge in [0.25, 0.3) is 0 Å². The Morgan fingerprint density at radius 2 is 2.14 bits per heavy atom. The third-order valence-electron chi connectivity index (χ3n) is 2.93. The first-order valence-electron chi connectivity index (χ1n) is 5.81.